The van der Waals surface area contributed by atoms with Crippen LogP contribution in [0.1, 0.15) is 66.2 Å². The first-order chi connectivity index (χ1) is 8.04. The summed E-state index contributed by atoms with van der Waals surface area (Å²) >= 11 is 5.08. The zero-order valence-corrected chi connectivity index (χ0v) is 12.9. The van der Waals surface area contributed by atoms with Crippen molar-refractivity contribution in [1.82, 2.24) is 0 Å². The van der Waals surface area contributed by atoms with E-state index in [0.29, 0.717) is 17.8 Å². The third-order valence-corrected chi connectivity index (χ3v) is 4.57. The van der Waals surface area contributed by atoms with Crippen LogP contribution in [0.2, 0.25) is 0 Å². The number of rotatable bonds is 10. The first-order valence-electron chi connectivity index (χ1n) is 7.30. The molecule has 0 saturated heterocycles. The summed E-state index contributed by atoms with van der Waals surface area (Å²) in [5.74, 6) is 1.94. The molecule has 103 valence electrons. The van der Waals surface area contributed by atoms with Gasteiger partial charge < -0.3 is 5.11 Å². The van der Waals surface area contributed by atoms with Gasteiger partial charge in [0.2, 0.25) is 0 Å². The quantitative estimate of drug-likeness (QED) is 0.558. The molecule has 0 aliphatic rings. The molecule has 0 amide bonds. The van der Waals surface area contributed by atoms with Gasteiger partial charge in [-0.05, 0) is 24.2 Å². The molecule has 17 heavy (non-hydrogen) atoms. The third kappa shape index (κ3) is 7.35. The number of aliphatic hydroxyl groups excluding tert-OH is 1. The summed E-state index contributed by atoms with van der Waals surface area (Å²) in [6.45, 7) is 8.70. The van der Waals surface area contributed by atoms with Gasteiger partial charge in [0.05, 0.1) is 6.10 Å². The van der Waals surface area contributed by atoms with Gasteiger partial charge in [-0.25, -0.2) is 0 Å². The van der Waals surface area contributed by atoms with Crippen molar-refractivity contribution in [3.63, 3.8) is 0 Å². The normalized spacial score (nSPS) is 18.7. The molecule has 1 N–H and O–H groups in total. The lowest BCUT2D eigenvalue weighted by Crippen LogP contribution is -2.30. The molecule has 1 nitrogen and oxygen atoms in total. The lowest BCUT2D eigenvalue weighted by Gasteiger charge is -2.28. The van der Waals surface area contributed by atoms with Crippen molar-refractivity contribution in [3.8, 4) is 0 Å². The van der Waals surface area contributed by atoms with Crippen LogP contribution in [0.3, 0.4) is 0 Å². The van der Waals surface area contributed by atoms with Crippen molar-refractivity contribution in [2.75, 3.05) is 5.75 Å². The molecule has 0 saturated carbocycles. The summed E-state index contributed by atoms with van der Waals surface area (Å²) < 4.78 is 0. The Labute approximate surface area is 114 Å². The van der Waals surface area contributed by atoms with Gasteiger partial charge in [-0.15, -0.1) is 0 Å². The second-order valence-corrected chi connectivity index (χ2v) is 6.01. The van der Waals surface area contributed by atoms with Gasteiger partial charge in [-0.3, -0.25) is 0 Å². The molecule has 2 heteroatoms. The van der Waals surface area contributed by atoms with Crippen molar-refractivity contribution < 1.29 is 5.11 Å². The predicted molar refractivity (Wildman–Crippen MR) is 79.3 cm³/mol. The average Bonchev–Trinajstić information content (AvgIpc) is 2.35. The molecule has 4 atom stereocenters. The first-order valence-corrected chi connectivity index (χ1v) is 7.88. The summed E-state index contributed by atoms with van der Waals surface area (Å²) in [5, 5.41) is 10.2. The Morgan fingerprint density at radius 1 is 0.941 bits per heavy atom. The average molecular weight is 259 g/mol. The van der Waals surface area contributed by atoms with E-state index in [1.807, 2.05) is 0 Å². The SMILES string of the molecule is CCCCCCCC(C)[C@H](O)C(C)C(C)C[S]. The van der Waals surface area contributed by atoms with Crippen LogP contribution in [-0.2, 0) is 0 Å². The zero-order valence-electron chi connectivity index (χ0n) is 12.1. The molecule has 0 rings (SSSR count). The summed E-state index contributed by atoms with van der Waals surface area (Å²) in [5.41, 5.74) is 0. The highest BCUT2D eigenvalue weighted by Crippen LogP contribution is 2.25. The molecule has 0 heterocycles. The van der Waals surface area contributed by atoms with Crippen LogP contribution in [0.4, 0.5) is 0 Å². The molecular formula is C15H31OS. The molecule has 0 aromatic carbocycles. The largest absolute Gasteiger partial charge is 0.393 e. The van der Waals surface area contributed by atoms with Crippen molar-refractivity contribution in [3.05, 3.63) is 0 Å². The van der Waals surface area contributed by atoms with Crippen LogP contribution >= 0.6 is 12.6 Å². The highest BCUT2D eigenvalue weighted by atomic mass is 32.1. The minimum atomic E-state index is -0.181. The smallest absolute Gasteiger partial charge is 0.0594 e. The number of aliphatic hydroxyl groups is 1. The van der Waals surface area contributed by atoms with E-state index in [0.717, 1.165) is 12.2 Å². The second kappa shape index (κ2) is 10.3. The van der Waals surface area contributed by atoms with E-state index >= 15 is 0 Å². The molecule has 0 aliphatic carbocycles. The van der Waals surface area contributed by atoms with E-state index in [9.17, 15) is 5.11 Å². The fraction of sp³-hybridized carbons (Fsp3) is 1.00. The summed E-state index contributed by atoms with van der Waals surface area (Å²) in [6, 6.07) is 0. The fourth-order valence-corrected chi connectivity index (χ4v) is 2.55. The Hall–Kier alpha value is 0.310. The Balaban J connectivity index is 3.76. The fourth-order valence-electron chi connectivity index (χ4n) is 2.25. The van der Waals surface area contributed by atoms with Crippen molar-refractivity contribution >= 4 is 12.6 Å². The third-order valence-electron chi connectivity index (χ3n) is 4.05. The van der Waals surface area contributed by atoms with E-state index in [2.05, 4.69) is 27.7 Å². The van der Waals surface area contributed by atoms with Crippen LogP contribution < -0.4 is 0 Å². The van der Waals surface area contributed by atoms with Crippen molar-refractivity contribution in [2.45, 2.75) is 72.3 Å². The molecular weight excluding hydrogens is 228 g/mol. The maximum absolute atomic E-state index is 10.2. The Morgan fingerprint density at radius 2 is 1.53 bits per heavy atom. The van der Waals surface area contributed by atoms with Gasteiger partial charge in [-0.2, -0.15) is 0 Å². The minimum absolute atomic E-state index is 0.181. The Kier molecular flexibility index (Phi) is 10.4. The highest BCUT2D eigenvalue weighted by Gasteiger charge is 2.24. The minimum Gasteiger partial charge on any atom is -0.393 e. The van der Waals surface area contributed by atoms with Crippen molar-refractivity contribution in [2.24, 2.45) is 17.8 Å². The van der Waals surface area contributed by atoms with Gasteiger partial charge in [0.25, 0.3) is 0 Å². The lowest BCUT2D eigenvalue weighted by molar-refractivity contribution is 0.0416. The first kappa shape index (κ1) is 17.3. The monoisotopic (exact) mass is 259 g/mol. The molecule has 0 fully saturated rings. The zero-order chi connectivity index (χ0) is 13.3. The van der Waals surface area contributed by atoms with Crippen molar-refractivity contribution in [1.29, 1.82) is 0 Å². The van der Waals surface area contributed by atoms with Crippen LogP contribution in [0.25, 0.3) is 0 Å². The second-order valence-electron chi connectivity index (χ2n) is 5.67. The Morgan fingerprint density at radius 3 is 2.06 bits per heavy atom. The summed E-state index contributed by atoms with van der Waals surface area (Å²) in [6.07, 6.45) is 7.53. The molecule has 0 aromatic heterocycles. The van der Waals surface area contributed by atoms with Gasteiger partial charge in [-0.1, -0.05) is 72.4 Å². The van der Waals surface area contributed by atoms with Crippen LogP contribution in [0.15, 0.2) is 0 Å². The van der Waals surface area contributed by atoms with Crippen LogP contribution in [0.5, 0.6) is 0 Å². The number of hydrogen-bond donors (Lipinski definition) is 1. The van der Waals surface area contributed by atoms with E-state index in [4.69, 9.17) is 12.6 Å². The molecule has 1 radical (unpaired) electrons. The van der Waals surface area contributed by atoms with Gasteiger partial charge in [0.1, 0.15) is 0 Å². The molecule has 0 bridgehead atoms. The van der Waals surface area contributed by atoms with Crippen LogP contribution in [-0.4, -0.2) is 17.0 Å². The van der Waals surface area contributed by atoms with E-state index in [1.54, 1.807) is 0 Å². The van der Waals surface area contributed by atoms with E-state index < -0.39 is 0 Å². The molecule has 3 unspecified atom stereocenters. The lowest BCUT2D eigenvalue weighted by atomic mass is 9.83. The maximum Gasteiger partial charge on any atom is 0.0594 e. The summed E-state index contributed by atoms with van der Waals surface area (Å²) in [4.78, 5) is 0. The van der Waals surface area contributed by atoms with E-state index in [-0.39, 0.29) is 6.10 Å². The molecule has 0 aromatic rings. The predicted octanol–water partition coefficient (Wildman–Crippen LogP) is 4.81. The molecule has 0 aliphatic heterocycles. The number of unbranched alkanes of at least 4 members (excludes halogenated alkanes) is 4. The summed E-state index contributed by atoms with van der Waals surface area (Å²) in [7, 11) is 0. The standard InChI is InChI=1S/C15H31OS/c1-5-6-7-8-9-10-12(2)15(16)14(4)13(3)11-17/h12-16H,5-11H2,1-4H3/t12?,13?,14?,15-/m0/s1. The van der Waals surface area contributed by atoms with Gasteiger partial charge >= 0.3 is 0 Å². The topological polar surface area (TPSA) is 20.2 Å². The van der Waals surface area contributed by atoms with Gasteiger partial charge in [0.15, 0.2) is 0 Å². The van der Waals surface area contributed by atoms with Gasteiger partial charge in [0, 0.05) is 5.75 Å². The number of hydrogen-bond acceptors (Lipinski definition) is 1. The highest BCUT2D eigenvalue weighted by molar-refractivity contribution is 7.80. The molecule has 0 spiro atoms. The van der Waals surface area contributed by atoms with E-state index in [1.165, 1.54) is 32.1 Å². The Bertz CT molecular complexity index is 172. The maximum atomic E-state index is 10.2. The van der Waals surface area contributed by atoms with Crippen LogP contribution in [0, 0.1) is 17.8 Å².